The quantitative estimate of drug-likeness (QED) is 0.607. The predicted octanol–water partition coefficient (Wildman–Crippen LogP) is 3.16. The van der Waals surface area contributed by atoms with Crippen molar-refractivity contribution in [2.24, 2.45) is 11.8 Å². The number of benzene rings is 1. The second-order valence-corrected chi connectivity index (χ2v) is 7.62. The molecule has 3 aliphatic rings. The average molecular weight is 352 g/mol. The van der Waals surface area contributed by atoms with Crippen molar-refractivity contribution >= 4 is 23.4 Å². The van der Waals surface area contributed by atoms with Gasteiger partial charge in [0, 0.05) is 18.7 Å². The molecule has 0 aromatic heterocycles. The van der Waals surface area contributed by atoms with E-state index in [0.29, 0.717) is 24.1 Å². The lowest BCUT2D eigenvalue weighted by molar-refractivity contribution is -0.122. The van der Waals surface area contributed by atoms with Crippen LogP contribution in [0.5, 0.6) is 0 Å². The Kier molecular flexibility index (Phi) is 4.39. The van der Waals surface area contributed by atoms with Gasteiger partial charge in [-0.3, -0.25) is 19.3 Å². The van der Waals surface area contributed by atoms with Gasteiger partial charge in [-0.05, 0) is 57.2 Å². The summed E-state index contributed by atoms with van der Waals surface area (Å²) in [6, 6.07) is 6.98. The van der Waals surface area contributed by atoms with Crippen molar-refractivity contribution in [2.75, 3.05) is 18.0 Å². The lowest BCUT2D eigenvalue weighted by Crippen LogP contribution is -2.36. The lowest BCUT2D eigenvalue weighted by Gasteiger charge is -2.27. The minimum atomic E-state index is -0.257. The van der Waals surface area contributed by atoms with Crippen molar-refractivity contribution in [3.63, 3.8) is 0 Å². The summed E-state index contributed by atoms with van der Waals surface area (Å²) >= 11 is 0. The highest BCUT2D eigenvalue weighted by Gasteiger charge is 2.48. The van der Waals surface area contributed by atoms with Crippen LogP contribution in [0.15, 0.2) is 35.9 Å². The van der Waals surface area contributed by atoms with Gasteiger partial charge >= 0.3 is 0 Å². The van der Waals surface area contributed by atoms with Crippen LogP contribution in [0, 0.1) is 11.8 Å². The van der Waals surface area contributed by atoms with Gasteiger partial charge in [-0.1, -0.05) is 17.7 Å². The molecule has 136 valence electrons. The molecule has 0 spiro atoms. The van der Waals surface area contributed by atoms with Crippen LogP contribution in [0.1, 0.15) is 49.4 Å². The summed E-state index contributed by atoms with van der Waals surface area (Å²) < 4.78 is 0. The van der Waals surface area contributed by atoms with E-state index in [1.165, 1.54) is 10.5 Å². The third kappa shape index (κ3) is 2.85. The fraction of sp³-hybridized carbons (Fsp3) is 0.476. The Morgan fingerprint density at radius 3 is 2.54 bits per heavy atom. The van der Waals surface area contributed by atoms with Crippen LogP contribution in [0.4, 0.5) is 5.69 Å². The van der Waals surface area contributed by atoms with Gasteiger partial charge in [0.15, 0.2) is 0 Å². The van der Waals surface area contributed by atoms with Gasteiger partial charge in [0.25, 0.3) is 5.91 Å². The number of anilines is 1. The number of rotatable bonds is 2. The summed E-state index contributed by atoms with van der Waals surface area (Å²) in [5, 5.41) is 0. The summed E-state index contributed by atoms with van der Waals surface area (Å²) in [6.45, 7) is 3.56. The van der Waals surface area contributed by atoms with Crippen LogP contribution in [-0.4, -0.2) is 35.7 Å². The van der Waals surface area contributed by atoms with Crippen molar-refractivity contribution in [1.29, 1.82) is 0 Å². The van der Waals surface area contributed by atoms with Gasteiger partial charge in [-0.2, -0.15) is 0 Å². The highest BCUT2D eigenvalue weighted by molar-refractivity contribution is 6.22. The number of fused-ring (bicyclic) bond motifs is 1. The SMILES string of the molecule is CC1=CC[C@@H]2C(=O)N(c3cccc(C(=O)N4CCCCC4)c3)C(=O)[C@@H]2C1. The Hall–Kier alpha value is -2.43. The van der Waals surface area contributed by atoms with E-state index in [4.69, 9.17) is 0 Å². The number of hydrogen-bond donors (Lipinski definition) is 0. The van der Waals surface area contributed by atoms with Gasteiger partial charge in [0.05, 0.1) is 17.5 Å². The molecule has 3 amide bonds. The molecular formula is C21H24N2O3. The zero-order valence-corrected chi connectivity index (χ0v) is 15.1. The number of imide groups is 1. The zero-order chi connectivity index (χ0) is 18.3. The monoisotopic (exact) mass is 352 g/mol. The molecule has 2 atom stereocenters. The van der Waals surface area contributed by atoms with Gasteiger partial charge < -0.3 is 4.90 Å². The smallest absolute Gasteiger partial charge is 0.253 e. The number of allylic oxidation sites excluding steroid dienone is 2. The summed E-state index contributed by atoms with van der Waals surface area (Å²) in [4.78, 5) is 41.6. The molecule has 0 bridgehead atoms. The number of amides is 3. The number of nitrogens with zero attached hydrogens (tertiary/aromatic N) is 2. The normalized spacial score (nSPS) is 26.0. The predicted molar refractivity (Wildman–Crippen MR) is 98.7 cm³/mol. The molecule has 2 aliphatic heterocycles. The Bertz CT molecular complexity index is 792. The second-order valence-electron chi connectivity index (χ2n) is 7.62. The molecule has 1 aromatic rings. The minimum Gasteiger partial charge on any atom is -0.339 e. The molecule has 4 rings (SSSR count). The van der Waals surface area contributed by atoms with Gasteiger partial charge in [-0.25, -0.2) is 0 Å². The Labute approximate surface area is 153 Å². The van der Waals surface area contributed by atoms with E-state index in [0.717, 1.165) is 32.4 Å². The highest BCUT2D eigenvalue weighted by atomic mass is 16.2. The van der Waals surface area contributed by atoms with E-state index in [2.05, 4.69) is 6.08 Å². The minimum absolute atomic E-state index is 0.0134. The molecule has 0 radical (unpaired) electrons. The zero-order valence-electron chi connectivity index (χ0n) is 15.1. The first-order valence-electron chi connectivity index (χ1n) is 9.49. The molecule has 2 saturated heterocycles. The van der Waals surface area contributed by atoms with Crippen LogP contribution in [-0.2, 0) is 9.59 Å². The van der Waals surface area contributed by atoms with Gasteiger partial charge in [-0.15, -0.1) is 0 Å². The molecule has 0 saturated carbocycles. The van der Waals surface area contributed by atoms with E-state index in [-0.39, 0.29) is 29.6 Å². The van der Waals surface area contributed by atoms with Crippen molar-refractivity contribution in [1.82, 2.24) is 4.90 Å². The number of piperidine rings is 1. The molecule has 2 heterocycles. The molecule has 1 aliphatic carbocycles. The van der Waals surface area contributed by atoms with Crippen LogP contribution >= 0.6 is 0 Å². The Balaban J connectivity index is 1.60. The lowest BCUT2D eigenvalue weighted by atomic mass is 9.82. The Morgan fingerprint density at radius 1 is 1.04 bits per heavy atom. The summed E-state index contributed by atoms with van der Waals surface area (Å²) in [5.74, 6) is -0.788. The topological polar surface area (TPSA) is 57.7 Å². The maximum absolute atomic E-state index is 12.9. The van der Waals surface area contributed by atoms with Gasteiger partial charge in [0.2, 0.25) is 11.8 Å². The van der Waals surface area contributed by atoms with E-state index >= 15 is 0 Å². The van der Waals surface area contributed by atoms with E-state index in [1.54, 1.807) is 24.3 Å². The highest BCUT2D eigenvalue weighted by Crippen LogP contribution is 2.39. The van der Waals surface area contributed by atoms with Crippen LogP contribution in [0.2, 0.25) is 0 Å². The molecular weight excluding hydrogens is 328 g/mol. The molecule has 5 nitrogen and oxygen atoms in total. The molecule has 0 unspecified atom stereocenters. The van der Waals surface area contributed by atoms with Crippen LogP contribution in [0.3, 0.4) is 0 Å². The van der Waals surface area contributed by atoms with E-state index in [1.807, 2.05) is 11.8 Å². The maximum Gasteiger partial charge on any atom is 0.253 e. The Morgan fingerprint density at radius 2 is 1.77 bits per heavy atom. The van der Waals surface area contributed by atoms with Crippen molar-refractivity contribution in [3.05, 3.63) is 41.5 Å². The summed E-state index contributed by atoms with van der Waals surface area (Å²) in [6.07, 6.45) is 6.57. The fourth-order valence-corrected chi connectivity index (χ4v) is 4.35. The molecule has 1 aromatic carbocycles. The molecule has 2 fully saturated rings. The van der Waals surface area contributed by atoms with Crippen molar-refractivity contribution in [3.8, 4) is 0 Å². The first-order chi connectivity index (χ1) is 12.6. The van der Waals surface area contributed by atoms with Crippen LogP contribution in [0.25, 0.3) is 0 Å². The first kappa shape index (κ1) is 17.0. The average Bonchev–Trinajstić information content (AvgIpc) is 2.92. The maximum atomic E-state index is 12.9. The first-order valence-corrected chi connectivity index (χ1v) is 9.49. The van der Waals surface area contributed by atoms with Crippen molar-refractivity contribution in [2.45, 2.75) is 39.0 Å². The summed E-state index contributed by atoms with van der Waals surface area (Å²) in [7, 11) is 0. The third-order valence-corrected chi connectivity index (χ3v) is 5.82. The number of hydrogen-bond acceptors (Lipinski definition) is 3. The van der Waals surface area contributed by atoms with Gasteiger partial charge in [0.1, 0.15) is 0 Å². The van der Waals surface area contributed by atoms with E-state index < -0.39 is 0 Å². The molecule has 26 heavy (non-hydrogen) atoms. The summed E-state index contributed by atoms with van der Waals surface area (Å²) in [5.41, 5.74) is 2.24. The van der Waals surface area contributed by atoms with E-state index in [9.17, 15) is 14.4 Å². The molecule has 0 N–H and O–H groups in total. The molecule has 5 heteroatoms. The second kappa shape index (κ2) is 6.71. The largest absolute Gasteiger partial charge is 0.339 e. The van der Waals surface area contributed by atoms with Crippen molar-refractivity contribution < 1.29 is 14.4 Å². The third-order valence-electron chi connectivity index (χ3n) is 5.82. The number of carbonyl (C=O) groups is 3. The standard InChI is InChI=1S/C21H24N2O3/c1-14-8-9-17-18(12-14)21(26)23(20(17)25)16-7-5-6-15(13-16)19(24)22-10-3-2-4-11-22/h5-8,13,17-18H,2-4,9-12H2,1H3/t17-,18+/m0/s1. The van der Waals surface area contributed by atoms with Crippen LogP contribution < -0.4 is 4.90 Å². The number of likely N-dealkylation sites (tertiary alicyclic amines) is 1. The fourth-order valence-electron chi connectivity index (χ4n) is 4.35. The number of carbonyl (C=O) groups excluding carboxylic acids is 3.